The molecule has 2 heterocycles. The van der Waals surface area contributed by atoms with Crippen LogP contribution in [0.2, 0.25) is 5.02 Å². The zero-order valence-electron chi connectivity index (χ0n) is 15.7. The van der Waals surface area contributed by atoms with Crippen LogP contribution in [-0.4, -0.2) is 41.4 Å². The second-order valence-corrected chi connectivity index (χ2v) is 9.38. The van der Waals surface area contributed by atoms with Crippen LogP contribution in [0.3, 0.4) is 0 Å². The summed E-state index contributed by atoms with van der Waals surface area (Å²) in [6, 6.07) is 13.2. The van der Waals surface area contributed by atoms with E-state index in [1.54, 1.807) is 29.8 Å². The monoisotopic (exact) mass is 434 g/mol. The number of rotatable bonds is 5. The third-order valence-electron chi connectivity index (χ3n) is 5.07. The van der Waals surface area contributed by atoms with Gasteiger partial charge in [0.05, 0.1) is 6.33 Å². The van der Waals surface area contributed by atoms with Crippen LogP contribution in [0.4, 0.5) is 10.1 Å². The van der Waals surface area contributed by atoms with Gasteiger partial charge in [-0.25, -0.2) is 17.8 Å². The predicted molar refractivity (Wildman–Crippen MR) is 110 cm³/mol. The molecule has 1 fully saturated rings. The van der Waals surface area contributed by atoms with Crippen molar-refractivity contribution in [2.75, 3.05) is 18.4 Å². The van der Waals surface area contributed by atoms with Crippen LogP contribution in [0.1, 0.15) is 11.5 Å². The van der Waals surface area contributed by atoms with Crippen molar-refractivity contribution in [1.29, 1.82) is 0 Å². The first-order valence-electron chi connectivity index (χ1n) is 9.09. The van der Waals surface area contributed by atoms with E-state index in [9.17, 15) is 12.8 Å². The first-order valence-corrected chi connectivity index (χ1v) is 10.9. The van der Waals surface area contributed by atoms with E-state index in [1.807, 2.05) is 18.2 Å². The molecule has 0 spiro atoms. The van der Waals surface area contributed by atoms with Crippen molar-refractivity contribution < 1.29 is 12.8 Å². The van der Waals surface area contributed by atoms with Gasteiger partial charge in [-0.05, 0) is 35.9 Å². The lowest BCUT2D eigenvalue weighted by Gasteiger charge is -2.22. The van der Waals surface area contributed by atoms with Crippen LogP contribution in [0, 0.1) is 5.82 Å². The van der Waals surface area contributed by atoms with Gasteiger partial charge in [-0.1, -0.05) is 29.8 Å². The van der Waals surface area contributed by atoms with Crippen molar-refractivity contribution in [3.05, 3.63) is 77.5 Å². The number of hydrogen-bond acceptors (Lipinski definition) is 4. The van der Waals surface area contributed by atoms with E-state index in [1.165, 1.54) is 29.0 Å². The second-order valence-electron chi connectivity index (χ2n) is 7.09. The summed E-state index contributed by atoms with van der Waals surface area (Å²) in [7, 11) is -2.02. The number of hydrogen-bond donors (Lipinski definition) is 1. The van der Waals surface area contributed by atoms with Crippen LogP contribution >= 0.6 is 11.6 Å². The van der Waals surface area contributed by atoms with Crippen molar-refractivity contribution in [3.8, 4) is 0 Å². The molecule has 4 rings (SSSR count). The Labute approximate surface area is 174 Å². The third-order valence-corrected chi connectivity index (χ3v) is 7.13. The Morgan fingerprint density at radius 1 is 1.14 bits per heavy atom. The first kappa shape index (κ1) is 19.9. The van der Waals surface area contributed by atoms with Crippen LogP contribution < -0.4 is 5.32 Å². The number of anilines is 1. The molecule has 0 bridgehead atoms. The van der Waals surface area contributed by atoms with Gasteiger partial charge in [-0.2, -0.15) is 4.31 Å². The van der Waals surface area contributed by atoms with Crippen LogP contribution in [-0.2, 0) is 17.1 Å². The Balaban J connectivity index is 1.67. The molecule has 9 heteroatoms. The summed E-state index contributed by atoms with van der Waals surface area (Å²) >= 11 is 6.41. The number of sulfonamides is 1. The number of imidazole rings is 1. The number of aromatic nitrogens is 2. The van der Waals surface area contributed by atoms with Gasteiger partial charge >= 0.3 is 0 Å². The molecule has 1 aliphatic heterocycles. The van der Waals surface area contributed by atoms with Crippen LogP contribution in [0.15, 0.2) is 66.1 Å². The van der Waals surface area contributed by atoms with Gasteiger partial charge < -0.3 is 9.88 Å². The molecule has 1 aliphatic rings. The highest BCUT2D eigenvalue weighted by Crippen LogP contribution is 2.36. The number of aryl methyl sites for hydroxylation is 1. The van der Waals surface area contributed by atoms with Crippen molar-refractivity contribution >= 4 is 27.3 Å². The number of halogens is 2. The average molecular weight is 435 g/mol. The molecule has 2 atom stereocenters. The molecule has 152 valence electrons. The summed E-state index contributed by atoms with van der Waals surface area (Å²) in [5, 5.41) is 3.94. The predicted octanol–water partition coefficient (Wildman–Crippen LogP) is 3.48. The van der Waals surface area contributed by atoms with Gasteiger partial charge in [-0.3, -0.25) is 0 Å². The lowest BCUT2D eigenvalue weighted by atomic mass is 9.94. The average Bonchev–Trinajstić information content (AvgIpc) is 3.31. The first-order chi connectivity index (χ1) is 13.8. The summed E-state index contributed by atoms with van der Waals surface area (Å²) in [6.45, 7) is 0.508. The van der Waals surface area contributed by atoms with E-state index in [4.69, 9.17) is 11.6 Å². The van der Waals surface area contributed by atoms with Crippen molar-refractivity contribution in [2.45, 2.75) is 17.0 Å². The molecule has 0 radical (unpaired) electrons. The quantitative estimate of drug-likeness (QED) is 0.667. The summed E-state index contributed by atoms with van der Waals surface area (Å²) in [6.07, 6.45) is 2.95. The topological polar surface area (TPSA) is 67.2 Å². The molecule has 1 saturated heterocycles. The molecule has 0 aliphatic carbocycles. The fraction of sp³-hybridized carbons (Fsp3) is 0.250. The Bertz CT molecular complexity index is 1120. The summed E-state index contributed by atoms with van der Waals surface area (Å²) < 4.78 is 42.5. The largest absolute Gasteiger partial charge is 0.380 e. The van der Waals surface area contributed by atoms with E-state index in [0.717, 1.165) is 5.56 Å². The standard InChI is InChI=1S/C20H20ClFN4O2S/c1-25-12-20(23-13-25)29(27,28)26-10-17(16-4-2-3-5-18(16)21)19(11-26)24-15-8-6-14(22)7-9-15/h2-9,12-13,17,19,24H,10-11H2,1H3. The zero-order valence-corrected chi connectivity index (χ0v) is 17.2. The fourth-order valence-electron chi connectivity index (χ4n) is 3.62. The lowest BCUT2D eigenvalue weighted by molar-refractivity contribution is 0.468. The molecule has 3 aromatic rings. The van der Waals surface area contributed by atoms with Crippen LogP contribution in [0.25, 0.3) is 0 Å². The molecule has 29 heavy (non-hydrogen) atoms. The Hall–Kier alpha value is -2.42. The molecule has 1 aromatic heterocycles. The number of nitrogens with one attached hydrogen (secondary N) is 1. The summed E-state index contributed by atoms with van der Waals surface area (Å²) in [4.78, 5) is 4.01. The highest BCUT2D eigenvalue weighted by molar-refractivity contribution is 7.89. The number of benzene rings is 2. The minimum atomic E-state index is -3.75. The lowest BCUT2D eigenvalue weighted by Crippen LogP contribution is -2.32. The highest BCUT2D eigenvalue weighted by Gasteiger charge is 2.41. The molecule has 6 nitrogen and oxygen atoms in total. The molecular formula is C20H20ClFN4O2S. The second kappa shape index (κ2) is 7.78. The molecule has 0 amide bonds. The molecular weight excluding hydrogens is 415 g/mol. The van der Waals surface area contributed by atoms with E-state index in [0.29, 0.717) is 10.7 Å². The molecule has 0 saturated carbocycles. The molecule has 2 aromatic carbocycles. The van der Waals surface area contributed by atoms with Gasteiger partial charge in [-0.15, -0.1) is 0 Å². The Morgan fingerprint density at radius 2 is 1.86 bits per heavy atom. The highest BCUT2D eigenvalue weighted by atomic mass is 35.5. The minimum absolute atomic E-state index is 0.0142. The minimum Gasteiger partial charge on any atom is -0.380 e. The van der Waals surface area contributed by atoms with E-state index in [2.05, 4.69) is 10.3 Å². The van der Waals surface area contributed by atoms with Gasteiger partial charge in [0, 0.05) is 49.0 Å². The maximum atomic E-state index is 13.3. The van der Waals surface area contributed by atoms with Crippen molar-refractivity contribution in [2.24, 2.45) is 7.05 Å². The SMILES string of the molecule is Cn1cnc(S(=O)(=O)N2CC(Nc3ccc(F)cc3)C(c3ccccc3Cl)C2)c1. The van der Waals surface area contributed by atoms with Crippen molar-refractivity contribution in [3.63, 3.8) is 0 Å². The van der Waals surface area contributed by atoms with E-state index in [-0.39, 0.29) is 35.9 Å². The maximum Gasteiger partial charge on any atom is 0.262 e. The fourth-order valence-corrected chi connectivity index (χ4v) is 5.35. The van der Waals surface area contributed by atoms with Gasteiger partial charge in [0.25, 0.3) is 10.0 Å². The van der Waals surface area contributed by atoms with E-state index < -0.39 is 10.0 Å². The summed E-state index contributed by atoms with van der Waals surface area (Å²) in [5.41, 5.74) is 1.58. The van der Waals surface area contributed by atoms with Crippen LogP contribution in [0.5, 0.6) is 0 Å². The normalized spacial score (nSPS) is 20.1. The Kier molecular flexibility index (Phi) is 5.33. The zero-order chi connectivity index (χ0) is 20.6. The molecule has 1 N–H and O–H groups in total. The number of nitrogens with zero attached hydrogens (tertiary/aromatic N) is 3. The van der Waals surface area contributed by atoms with Crippen molar-refractivity contribution in [1.82, 2.24) is 13.9 Å². The van der Waals surface area contributed by atoms with E-state index >= 15 is 0 Å². The molecule has 2 unspecified atom stereocenters. The summed E-state index contributed by atoms with van der Waals surface area (Å²) in [5.74, 6) is -0.503. The third kappa shape index (κ3) is 4.01. The maximum absolute atomic E-state index is 13.3. The van der Waals surface area contributed by atoms with Gasteiger partial charge in [0.15, 0.2) is 5.03 Å². The smallest absolute Gasteiger partial charge is 0.262 e. The van der Waals surface area contributed by atoms with Gasteiger partial charge in [0.1, 0.15) is 5.82 Å². The Morgan fingerprint density at radius 3 is 2.52 bits per heavy atom. The van der Waals surface area contributed by atoms with Gasteiger partial charge in [0.2, 0.25) is 0 Å².